The molecule has 2 aromatic rings. The van der Waals surface area contributed by atoms with Gasteiger partial charge >= 0.3 is 6.01 Å². The van der Waals surface area contributed by atoms with Crippen LogP contribution in [0.15, 0.2) is 29.0 Å². The Hall–Kier alpha value is -2.23. The van der Waals surface area contributed by atoms with Crippen molar-refractivity contribution < 1.29 is 23.4 Å². The zero-order chi connectivity index (χ0) is 23.1. The maximum absolute atomic E-state index is 13.9. The number of nitrogens with zero attached hydrogens (tertiary/aromatic N) is 4. The first-order chi connectivity index (χ1) is 15.8. The second kappa shape index (κ2) is 8.85. The highest BCUT2D eigenvalue weighted by Gasteiger charge is 2.52. The molecule has 0 aliphatic carbocycles. The molecule has 8 nitrogen and oxygen atoms in total. The Morgan fingerprint density at radius 2 is 2.06 bits per heavy atom. The number of likely N-dealkylation sites (tertiary alicyclic amines) is 1. The van der Waals surface area contributed by atoms with Crippen LogP contribution in [0, 0.1) is 5.82 Å². The lowest BCUT2D eigenvalue weighted by molar-refractivity contribution is -0.0216. The smallest absolute Gasteiger partial charge is 0.318 e. The molecule has 4 heterocycles. The molecule has 3 saturated heterocycles. The van der Waals surface area contributed by atoms with E-state index in [4.69, 9.17) is 13.9 Å². The summed E-state index contributed by atoms with van der Waals surface area (Å²) in [6.07, 6.45) is 4.88. The van der Waals surface area contributed by atoms with Crippen molar-refractivity contribution >= 4 is 6.01 Å². The van der Waals surface area contributed by atoms with Crippen LogP contribution in [0.5, 0.6) is 5.75 Å². The molecule has 1 aromatic carbocycles. The van der Waals surface area contributed by atoms with Crippen molar-refractivity contribution in [1.82, 2.24) is 15.1 Å². The van der Waals surface area contributed by atoms with Crippen LogP contribution in [0.25, 0.3) is 0 Å². The molecular formula is C24H33FN4O4. The number of hydrogen-bond acceptors (Lipinski definition) is 8. The zero-order valence-electron chi connectivity index (χ0n) is 19.4. The Balaban J connectivity index is 1.14. The minimum Gasteiger partial charge on any atom is -0.493 e. The fourth-order valence-corrected chi connectivity index (χ4v) is 5.32. The summed E-state index contributed by atoms with van der Waals surface area (Å²) in [4.78, 5) is 4.61. The van der Waals surface area contributed by atoms with E-state index in [1.807, 2.05) is 6.07 Å². The topological polar surface area (TPSA) is 84.1 Å². The normalized spacial score (nSPS) is 23.8. The monoisotopic (exact) mass is 460 g/mol. The van der Waals surface area contributed by atoms with Gasteiger partial charge in [0.05, 0.1) is 31.9 Å². The maximum Gasteiger partial charge on any atom is 0.318 e. The van der Waals surface area contributed by atoms with Gasteiger partial charge in [0.25, 0.3) is 0 Å². The minimum absolute atomic E-state index is 0.103. The highest BCUT2D eigenvalue weighted by Crippen LogP contribution is 2.41. The van der Waals surface area contributed by atoms with Crippen LogP contribution < -0.4 is 9.64 Å². The van der Waals surface area contributed by atoms with E-state index >= 15 is 0 Å². The lowest BCUT2D eigenvalue weighted by atomic mass is 9.86. The molecule has 0 bridgehead atoms. The molecule has 3 fully saturated rings. The van der Waals surface area contributed by atoms with Crippen molar-refractivity contribution in [2.45, 2.75) is 62.7 Å². The molecule has 1 unspecified atom stereocenters. The fourth-order valence-electron chi connectivity index (χ4n) is 5.32. The van der Waals surface area contributed by atoms with Gasteiger partial charge in [-0.25, -0.2) is 4.39 Å². The van der Waals surface area contributed by atoms with Crippen molar-refractivity contribution in [1.29, 1.82) is 0 Å². The first-order valence-corrected chi connectivity index (χ1v) is 11.8. The van der Waals surface area contributed by atoms with Crippen LogP contribution in [0.2, 0.25) is 0 Å². The van der Waals surface area contributed by atoms with Crippen LogP contribution in [-0.2, 0) is 4.74 Å². The Morgan fingerprint density at radius 1 is 1.27 bits per heavy atom. The second-order valence-electron chi connectivity index (χ2n) is 10.3. The summed E-state index contributed by atoms with van der Waals surface area (Å²) in [5.41, 5.74) is 0.164. The average Bonchev–Trinajstić information content (AvgIpc) is 3.42. The predicted octanol–water partition coefficient (Wildman–Crippen LogP) is 2.98. The average molecular weight is 461 g/mol. The van der Waals surface area contributed by atoms with E-state index in [9.17, 15) is 9.50 Å². The molecule has 33 heavy (non-hydrogen) atoms. The van der Waals surface area contributed by atoms with Gasteiger partial charge in [0.2, 0.25) is 6.39 Å². The second-order valence-corrected chi connectivity index (χ2v) is 10.3. The van der Waals surface area contributed by atoms with Crippen LogP contribution in [-0.4, -0.2) is 76.8 Å². The molecule has 3 aliphatic heterocycles. The van der Waals surface area contributed by atoms with E-state index in [0.29, 0.717) is 36.8 Å². The highest BCUT2D eigenvalue weighted by atomic mass is 19.1. The van der Waals surface area contributed by atoms with Crippen LogP contribution >= 0.6 is 0 Å². The third-order valence-corrected chi connectivity index (χ3v) is 7.20. The number of rotatable bonds is 7. The first-order valence-electron chi connectivity index (χ1n) is 11.8. The molecule has 9 heteroatoms. The van der Waals surface area contributed by atoms with Crippen LogP contribution in [0.3, 0.4) is 0 Å². The van der Waals surface area contributed by atoms with Crippen LogP contribution in [0.4, 0.5) is 10.4 Å². The summed E-state index contributed by atoms with van der Waals surface area (Å²) in [5, 5.41) is 17.7. The van der Waals surface area contributed by atoms with Crippen molar-refractivity contribution in [2.75, 3.05) is 44.3 Å². The van der Waals surface area contributed by atoms with Crippen molar-refractivity contribution in [2.24, 2.45) is 0 Å². The molecular weight excluding hydrogens is 427 g/mol. The van der Waals surface area contributed by atoms with Gasteiger partial charge in [-0.15, -0.1) is 5.10 Å². The van der Waals surface area contributed by atoms with Gasteiger partial charge in [-0.05, 0) is 63.7 Å². The number of aliphatic hydroxyl groups is 1. The lowest BCUT2D eigenvalue weighted by Crippen LogP contribution is -2.62. The number of hydrogen-bond donors (Lipinski definition) is 1. The largest absolute Gasteiger partial charge is 0.493 e. The molecule has 0 saturated carbocycles. The highest BCUT2D eigenvalue weighted by molar-refractivity contribution is 5.37. The zero-order valence-corrected chi connectivity index (χ0v) is 19.4. The van der Waals surface area contributed by atoms with E-state index in [2.05, 4.69) is 20.0 Å². The number of piperidine rings is 1. The van der Waals surface area contributed by atoms with E-state index in [0.717, 1.165) is 57.6 Å². The van der Waals surface area contributed by atoms with Crippen molar-refractivity contribution in [3.8, 4) is 5.75 Å². The van der Waals surface area contributed by atoms with Gasteiger partial charge in [-0.2, -0.15) is 0 Å². The molecule has 0 amide bonds. The van der Waals surface area contributed by atoms with E-state index in [1.54, 1.807) is 13.8 Å². The van der Waals surface area contributed by atoms with Gasteiger partial charge in [0.1, 0.15) is 17.2 Å². The maximum atomic E-state index is 13.9. The van der Waals surface area contributed by atoms with E-state index in [-0.39, 0.29) is 11.4 Å². The Kier molecular flexibility index (Phi) is 6.05. The van der Waals surface area contributed by atoms with Crippen molar-refractivity contribution in [3.05, 3.63) is 36.0 Å². The summed E-state index contributed by atoms with van der Waals surface area (Å²) in [6, 6.07) is 5.85. The summed E-state index contributed by atoms with van der Waals surface area (Å²) in [5.74, 6) is 0.654. The molecule has 0 radical (unpaired) electrons. The standard InChI is InChI=1S/C24H33FN4O4/c1-23(2,30)7-10-31-21-11-18(25)3-4-20(21)17-5-8-28(9-6-17)19-12-24(33-13-19)14-29(15-24)22-27-26-16-32-22/h3-4,11,16-17,19,30H,5-10,12-15H2,1-2H3. The molecule has 1 atom stereocenters. The van der Waals surface area contributed by atoms with Gasteiger partial charge in [0.15, 0.2) is 0 Å². The Bertz CT molecular complexity index is 934. The molecule has 1 aromatic heterocycles. The summed E-state index contributed by atoms with van der Waals surface area (Å²) < 4.78 is 31.3. The molecule has 1 N–H and O–H groups in total. The third kappa shape index (κ3) is 5.00. The Morgan fingerprint density at radius 3 is 2.76 bits per heavy atom. The molecule has 3 aliphatic rings. The number of aromatic nitrogens is 2. The summed E-state index contributed by atoms with van der Waals surface area (Å²) >= 11 is 0. The van der Waals surface area contributed by atoms with Crippen LogP contribution in [0.1, 0.15) is 51.0 Å². The number of ether oxygens (including phenoxy) is 2. The number of benzene rings is 1. The molecule has 5 rings (SSSR count). The third-order valence-electron chi connectivity index (χ3n) is 7.20. The van der Waals surface area contributed by atoms with Gasteiger partial charge in [-0.3, -0.25) is 4.90 Å². The number of halogens is 1. The quantitative estimate of drug-likeness (QED) is 0.675. The van der Waals surface area contributed by atoms with Gasteiger partial charge in [0, 0.05) is 18.5 Å². The first kappa shape index (κ1) is 22.6. The fraction of sp³-hybridized carbons (Fsp3) is 0.667. The van der Waals surface area contributed by atoms with Gasteiger partial charge in [-0.1, -0.05) is 11.2 Å². The van der Waals surface area contributed by atoms with Gasteiger partial charge < -0.3 is 23.9 Å². The SMILES string of the molecule is CC(C)(O)CCOc1cc(F)ccc1C1CCN(C2COC3(C2)CN(c2nnco2)C3)CC1. The van der Waals surface area contributed by atoms with E-state index in [1.165, 1.54) is 18.5 Å². The van der Waals surface area contributed by atoms with Crippen molar-refractivity contribution in [3.63, 3.8) is 0 Å². The van der Waals surface area contributed by atoms with E-state index < -0.39 is 5.60 Å². The Labute approximate surface area is 193 Å². The number of anilines is 1. The minimum atomic E-state index is -0.803. The summed E-state index contributed by atoms with van der Waals surface area (Å²) in [7, 11) is 0. The summed E-state index contributed by atoms with van der Waals surface area (Å²) in [6.45, 7) is 8.19. The molecule has 1 spiro atoms. The lowest BCUT2D eigenvalue weighted by Gasteiger charge is -2.46. The molecule has 180 valence electrons. The predicted molar refractivity (Wildman–Crippen MR) is 120 cm³/mol.